The molecule has 0 radical (unpaired) electrons. The van der Waals surface area contributed by atoms with Gasteiger partial charge in [0.15, 0.2) is 5.78 Å². The average Bonchev–Trinajstić information content (AvgIpc) is 3.05. The van der Waals surface area contributed by atoms with Crippen LogP contribution in [0, 0.1) is 11.8 Å². The maximum Gasteiger partial charge on any atom is 0.349 e. The monoisotopic (exact) mass is 454 g/mol. The molecule has 0 amide bonds. The zero-order valence-electron chi connectivity index (χ0n) is 19.7. The number of ketones is 1. The number of ether oxygens (including phenoxy) is 3. The molecule has 0 aliphatic carbocycles. The van der Waals surface area contributed by atoms with E-state index < -0.39 is 23.7 Å². The van der Waals surface area contributed by atoms with E-state index in [1.165, 1.54) is 4.57 Å². The Balaban J connectivity index is 2.05. The van der Waals surface area contributed by atoms with Crippen LogP contribution in [-0.4, -0.2) is 63.7 Å². The molecule has 3 atom stereocenters. The number of rotatable bonds is 11. The Kier molecular flexibility index (Phi) is 8.94. The Morgan fingerprint density at radius 1 is 1.31 bits per heavy atom. The zero-order valence-corrected chi connectivity index (χ0v) is 19.7. The summed E-state index contributed by atoms with van der Waals surface area (Å²) >= 11 is 0. The first-order valence-corrected chi connectivity index (χ1v) is 10.9. The van der Waals surface area contributed by atoms with Crippen LogP contribution in [0.1, 0.15) is 48.0 Å². The van der Waals surface area contributed by atoms with Crippen LogP contribution in [0.3, 0.4) is 0 Å². The van der Waals surface area contributed by atoms with Gasteiger partial charge in [0.25, 0.3) is 5.79 Å². The summed E-state index contributed by atoms with van der Waals surface area (Å²) < 4.78 is 18.5. The predicted octanol–water partition coefficient (Wildman–Crippen LogP) is 1.08. The van der Waals surface area contributed by atoms with Gasteiger partial charge in [0.05, 0.1) is 31.2 Å². The van der Waals surface area contributed by atoms with Gasteiger partial charge in [-0.2, -0.15) is 4.98 Å². The summed E-state index contributed by atoms with van der Waals surface area (Å²) in [5, 5.41) is 10.9. The summed E-state index contributed by atoms with van der Waals surface area (Å²) in [6.45, 7) is 10.8. The summed E-state index contributed by atoms with van der Waals surface area (Å²) in [6, 6.07) is 1.62. The molecule has 1 aliphatic rings. The average molecular weight is 455 g/mol. The molecular weight excluding hydrogens is 418 g/mol. The van der Waals surface area contributed by atoms with Gasteiger partial charge >= 0.3 is 11.7 Å². The molecule has 1 aromatic rings. The van der Waals surface area contributed by atoms with Crippen molar-refractivity contribution in [1.82, 2.24) is 9.55 Å². The van der Waals surface area contributed by atoms with Crippen molar-refractivity contribution in [3.8, 4) is 0 Å². The quantitative estimate of drug-likeness (QED) is 0.298. The van der Waals surface area contributed by atoms with Gasteiger partial charge in [-0.25, -0.2) is 4.79 Å². The molecule has 0 saturated carbocycles. The van der Waals surface area contributed by atoms with E-state index in [1.807, 2.05) is 13.8 Å². The molecule has 0 unspecified atom stereocenters. The fraction of sp³-hybridized carbons (Fsp3) is 0.727. The second-order valence-electron chi connectivity index (χ2n) is 9.21. The summed E-state index contributed by atoms with van der Waals surface area (Å²) in [5.41, 5.74) is -0.492. The van der Waals surface area contributed by atoms with Gasteiger partial charge < -0.3 is 24.6 Å². The minimum absolute atomic E-state index is 0.0255. The Morgan fingerprint density at radius 2 is 2.00 bits per heavy atom. The van der Waals surface area contributed by atoms with Crippen LogP contribution >= 0.6 is 0 Å². The van der Waals surface area contributed by atoms with Gasteiger partial charge in [0.1, 0.15) is 18.5 Å². The van der Waals surface area contributed by atoms with Crippen molar-refractivity contribution >= 4 is 17.6 Å². The molecule has 10 heteroatoms. The molecule has 180 valence electrons. The first kappa shape index (κ1) is 26.0. The number of Topliss-reactive ketones (excluding diaryl/α,β-unsaturated/α-hetero) is 1. The number of hydrogen-bond donors (Lipinski definition) is 1. The molecular formula is C22H36N3O7+. The van der Waals surface area contributed by atoms with Crippen molar-refractivity contribution in [3.05, 3.63) is 22.7 Å². The Bertz CT molecular complexity index is 845. The molecule has 1 aliphatic heterocycles. The second-order valence-corrected chi connectivity index (χ2v) is 9.21. The molecule has 0 aromatic carbocycles. The lowest BCUT2D eigenvalue weighted by Crippen LogP contribution is -2.39. The molecule has 1 saturated heterocycles. The summed E-state index contributed by atoms with van der Waals surface area (Å²) in [7, 11) is 0. The molecule has 2 rings (SSSR count). The third kappa shape index (κ3) is 7.99. The van der Waals surface area contributed by atoms with Crippen molar-refractivity contribution < 1.29 is 28.9 Å². The van der Waals surface area contributed by atoms with Gasteiger partial charge in [-0.1, -0.05) is 27.7 Å². The molecule has 1 aromatic heterocycles. The number of aromatic nitrogens is 2. The number of carbonyl (C=O) groups excluding carboxylic acids is 2. The van der Waals surface area contributed by atoms with E-state index >= 15 is 0 Å². The lowest BCUT2D eigenvalue weighted by Gasteiger charge is -2.24. The lowest BCUT2D eigenvalue weighted by atomic mass is 10.1. The molecule has 10 nitrogen and oxygen atoms in total. The van der Waals surface area contributed by atoms with Crippen molar-refractivity contribution in [2.75, 3.05) is 18.5 Å². The van der Waals surface area contributed by atoms with E-state index in [0.29, 0.717) is 12.2 Å². The lowest BCUT2D eigenvalue weighted by molar-refractivity contribution is -0.215. The number of anilines is 1. The third-order valence-electron chi connectivity index (χ3n) is 4.94. The highest BCUT2D eigenvalue weighted by Gasteiger charge is 2.41. The first-order chi connectivity index (χ1) is 14.9. The molecule has 2 heterocycles. The number of carbonyl (C=O) groups is 2. The zero-order chi connectivity index (χ0) is 24.1. The molecule has 32 heavy (non-hydrogen) atoms. The largest absolute Gasteiger partial charge is 0.463 e. The van der Waals surface area contributed by atoms with Crippen molar-refractivity contribution in [2.45, 2.75) is 78.6 Å². The minimum Gasteiger partial charge on any atom is -0.463 e. The van der Waals surface area contributed by atoms with E-state index in [-0.39, 0.29) is 49.4 Å². The second kappa shape index (κ2) is 11.0. The maximum atomic E-state index is 12.5. The number of esters is 1. The Hall–Kier alpha value is -2.30. The normalized spacial score (nSPS) is 21.2. The van der Waals surface area contributed by atoms with Gasteiger partial charge in [0.2, 0.25) is 0 Å². The fourth-order valence-corrected chi connectivity index (χ4v) is 3.16. The smallest absolute Gasteiger partial charge is 0.349 e. The van der Waals surface area contributed by atoms with Gasteiger partial charge in [-0.3, -0.25) is 14.2 Å². The highest BCUT2D eigenvalue weighted by molar-refractivity contribution is 5.84. The third-order valence-corrected chi connectivity index (χ3v) is 4.94. The topological polar surface area (TPSA) is 132 Å². The summed E-state index contributed by atoms with van der Waals surface area (Å²) in [4.78, 5) is 40.0. The van der Waals surface area contributed by atoms with E-state index in [9.17, 15) is 14.4 Å². The highest BCUT2D eigenvalue weighted by atomic mass is 16.7. The van der Waals surface area contributed by atoms with Crippen molar-refractivity contribution in [2.24, 2.45) is 11.8 Å². The summed E-state index contributed by atoms with van der Waals surface area (Å²) in [5.74, 6) is -1.44. The Morgan fingerprint density at radius 3 is 2.56 bits per heavy atom. The number of nitrogens with one attached hydrogen (secondary N) is 1. The van der Waals surface area contributed by atoms with E-state index in [1.54, 1.807) is 40.0 Å². The van der Waals surface area contributed by atoms with Crippen LogP contribution in [0.15, 0.2) is 17.1 Å². The van der Waals surface area contributed by atoms with Crippen LogP contribution < -0.4 is 11.0 Å². The van der Waals surface area contributed by atoms with E-state index in [2.05, 4.69) is 10.3 Å². The van der Waals surface area contributed by atoms with Crippen molar-refractivity contribution in [3.63, 3.8) is 0 Å². The molecule has 3 N–H and O–H groups in total. The van der Waals surface area contributed by atoms with Gasteiger partial charge in [0, 0.05) is 32.4 Å². The van der Waals surface area contributed by atoms with Crippen LogP contribution in [0.2, 0.25) is 0 Å². The van der Waals surface area contributed by atoms with E-state index in [4.69, 9.17) is 19.3 Å². The standard InChI is InChI=1S/C22H35N3O7/c1-13(2)16(26)10-23-19-7-8-25(21(28)24-19)11-18-17(32-22(5,6)29)9-15(31-18)12-30-20(27)14(3)4/h7-8,13-15,17-18,29H,9-12H2,1-6H3,(H,23,24,28)/p+1/t15-,17+,18-/m0/s1. The van der Waals surface area contributed by atoms with Crippen LogP contribution in [-0.2, 0) is 30.3 Å². The number of nitrogens with zero attached hydrogens (tertiary/aromatic N) is 2. The SMILES string of the molecule is CC(C)C(=O)CNc1ccn(C[C@@H]2O[C@H](COC(=O)C(C)C)C[C@H]2OC(C)(C)[OH2+])c(=O)n1. The fourth-order valence-electron chi connectivity index (χ4n) is 3.16. The van der Waals surface area contributed by atoms with Crippen molar-refractivity contribution in [1.29, 1.82) is 0 Å². The van der Waals surface area contributed by atoms with Crippen LogP contribution in [0.5, 0.6) is 0 Å². The molecule has 0 bridgehead atoms. The first-order valence-electron chi connectivity index (χ1n) is 10.9. The highest BCUT2D eigenvalue weighted by Crippen LogP contribution is 2.28. The van der Waals surface area contributed by atoms with Gasteiger partial charge in [-0.15, -0.1) is 0 Å². The predicted molar refractivity (Wildman–Crippen MR) is 118 cm³/mol. The van der Waals surface area contributed by atoms with Gasteiger partial charge in [-0.05, 0) is 6.07 Å². The molecule has 1 fully saturated rings. The Labute approximate surface area is 188 Å². The summed E-state index contributed by atoms with van der Waals surface area (Å²) in [6.07, 6.45) is 0.677. The van der Waals surface area contributed by atoms with Crippen LogP contribution in [0.4, 0.5) is 5.82 Å². The number of hydrogen-bond acceptors (Lipinski definition) is 8. The molecule has 0 spiro atoms. The maximum absolute atomic E-state index is 12.5. The minimum atomic E-state index is -1.14. The van der Waals surface area contributed by atoms with E-state index in [0.717, 1.165) is 0 Å². The van der Waals surface area contributed by atoms with Crippen LogP contribution in [0.25, 0.3) is 0 Å².